The minimum absolute atomic E-state index is 0.267. The van der Waals surface area contributed by atoms with Gasteiger partial charge in [-0.3, -0.25) is 4.79 Å². The van der Waals surface area contributed by atoms with E-state index in [0.717, 1.165) is 16.8 Å². The van der Waals surface area contributed by atoms with Gasteiger partial charge in [0.05, 0.1) is 26.9 Å². The van der Waals surface area contributed by atoms with Crippen LogP contribution in [0.5, 0.6) is 17.2 Å². The van der Waals surface area contributed by atoms with Crippen LogP contribution in [0, 0.1) is 13.8 Å². The number of carbonyl (C=O) groups is 1. The summed E-state index contributed by atoms with van der Waals surface area (Å²) in [5, 5.41) is 2.92. The van der Waals surface area contributed by atoms with Crippen molar-refractivity contribution in [2.24, 2.45) is 0 Å². The van der Waals surface area contributed by atoms with Crippen molar-refractivity contribution in [3.05, 3.63) is 47.0 Å². The van der Waals surface area contributed by atoms with E-state index in [1.165, 1.54) is 21.3 Å². The summed E-state index contributed by atoms with van der Waals surface area (Å²) in [5.74, 6) is 0.974. The Morgan fingerprint density at radius 1 is 0.913 bits per heavy atom. The first-order valence-corrected chi connectivity index (χ1v) is 7.20. The van der Waals surface area contributed by atoms with Gasteiger partial charge in [0.1, 0.15) is 0 Å². The smallest absolute Gasteiger partial charge is 0.259 e. The molecule has 0 radical (unpaired) electrons. The van der Waals surface area contributed by atoms with Crippen LogP contribution in [0.2, 0.25) is 0 Å². The molecule has 1 amide bonds. The number of carbonyl (C=O) groups excluding carboxylic acids is 1. The molecule has 0 unspecified atom stereocenters. The molecule has 0 aliphatic rings. The Balaban J connectivity index is 2.41. The van der Waals surface area contributed by atoms with Crippen LogP contribution < -0.4 is 19.5 Å². The molecule has 0 aromatic heterocycles. The molecule has 1 N–H and O–H groups in total. The molecule has 0 spiro atoms. The molecule has 0 fully saturated rings. The predicted molar refractivity (Wildman–Crippen MR) is 90.0 cm³/mol. The van der Waals surface area contributed by atoms with Gasteiger partial charge in [-0.2, -0.15) is 0 Å². The van der Waals surface area contributed by atoms with Crippen molar-refractivity contribution in [3.63, 3.8) is 0 Å². The SMILES string of the molecule is COc1ccc(C(=O)Nc2cccc(C)c2C)c(OC)c1OC. The highest BCUT2D eigenvalue weighted by molar-refractivity contribution is 6.07. The van der Waals surface area contributed by atoms with E-state index in [9.17, 15) is 4.79 Å². The zero-order valence-electron chi connectivity index (χ0n) is 14.0. The lowest BCUT2D eigenvalue weighted by Gasteiger charge is -2.16. The number of hydrogen-bond donors (Lipinski definition) is 1. The number of hydrogen-bond acceptors (Lipinski definition) is 4. The molecule has 0 bridgehead atoms. The molecule has 0 saturated heterocycles. The molecule has 23 heavy (non-hydrogen) atoms. The number of methoxy groups -OCH3 is 3. The summed E-state index contributed by atoms with van der Waals surface area (Å²) < 4.78 is 15.9. The van der Waals surface area contributed by atoms with Crippen molar-refractivity contribution >= 4 is 11.6 Å². The van der Waals surface area contributed by atoms with E-state index in [2.05, 4.69) is 5.32 Å². The third-order valence-corrected chi connectivity index (χ3v) is 3.80. The van der Waals surface area contributed by atoms with Gasteiger partial charge in [-0.15, -0.1) is 0 Å². The quantitative estimate of drug-likeness (QED) is 0.916. The summed E-state index contributed by atoms with van der Waals surface area (Å²) >= 11 is 0. The van der Waals surface area contributed by atoms with Gasteiger partial charge >= 0.3 is 0 Å². The zero-order chi connectivity index (χ0) is 17.0. The third kappa shape index (κ3) is 3.23. The first-order valence-electron chi connectivity index (χ1n) is 7.20. The van der Waals surface area contributed by atoms with Crippen LogP contribution in [0.4, 0.5) is 5.69 Å². The number of benzene rings is 2. The van der Waals surface area contributed by atoms with E-state index in [4.69, 9.17) is 14.2 Å². The Labute approximate surface area is 136 Å². The largest absolute Gasteiger partial charge is 0.493 e. The minimum Gasteiger partial charge on any atom is -0.493 e. The molecule has 0 saturated carbocycles. The minimum atomic E-state index is -0.267. The second-order valence-corrected chi connectivity index (χ2v) is 5.08. The lowest BCUT2D eigenvalue weighted by atomic mass is 10.1. The van der Waals surface area contributed by atoms with Crippen molar-refractivity contribution in [1.82, 2.24) is 0 Å². The summed E-state index contributed by atoms with van der Waals surface area (Å²) in [6.07, 6.45) is 0. The van der Waals surface area contributed by atoms with Crippen molar-refractivity contribution in [3.8, 4) is 17.2 Å². The molecule has 2 aromatic rings. The summed E-state index contributed by atoms with van der Waals surface area (Å²) in [5.41, 5.74) is 3.29. The van der Waals surface area contributed by atoms with Gasteiger partial charge in [0.25, 0.3) is 5.91 Å². The lowest BCUT2D eigenvalue weighted by molar-refractivity contribution is 0.102. The Kier molecular flexibility index (Phi) is 5.11. The normalized spacial score (nSPS) is 10.1. The third-order valence-electron chi connectivity index (χ3n) is 3.80. The second-order valence-electron chi connectivity index (χ2n) is 5.08. The molecule has 122 valence electrons. The van der Waals surface area contributed by atoms with Crippen LogP contribution in [0.15, 0.2) is 30.3 Å². The van der Waals surface area contributed by atoms with Crippen LogP contribution in [-0.4, -0.2) is 27.2 Å². The first kappa shape index (κ1) is 16.7. The molecule has 2 rings (SSSR count). The van der Waals surface area contributed by atoms with Gasteiger partial charge in [0, 0.05) is 5.69 Å². The van der Waals surface area contributed by atoms with E-state index in [-0.39, 0.29) is 5.91 Å². The summed E-state index contributed by atoms with van der Waals surface area (Å²) in [4.78, 5) is 12.6. The topological polar surface area (TPSA) is 56.8 Å². The van der Waals surface area contributed by atoms with Gasteiger partial charge in [-0.1, -0.05) is 12.1 Å². The molecular formula is C18H21NO4. The van der Waals surface area contributed by atoms with E-state index < -0.39 is 0 Å². The molecule has 0 aliphatic carbocycles. The molecule has 0 atom stereocenters. The van der Waals surface area contributed by atoms with Crippen molar-refractivity contribution in [2.75, 3.05) is 26.6 Å². The van der Waals surface area contributed by atoms with Gasteiger partial charge in [-0.05, 0) is 43.2 Å². The van der Waals surface area contributed by atoms with Crippen LogP contribution in [0.3, 0.4) is 0 Å². The predicted octanol–water partition coefficient (Wildman–Crippen LogP) is 3.58. The number of anilines is 1. The second kappa shape index (κ2) is 7.05. The molecule has 2 aromatic carbocycles. The van der Waals surface area contributed by atoms with E-state index >= 15 is 0 Å². The van der Waals surface area contributed by atoms with Gasteiger partial charge in [0.2, 0.25) is 5.75 Å². The summed E-state index contributed by atoms with van der Waals surface area (Å²) in [6, 6.07) is 9.11. The van der Waals surface area contributed by atoms with Crippen molar-refractivity contribution < 1.29 is 19.0 Å². The highest BCUT2D eigenvalue weighted by Gasteiger charge is 2.21. The monoisotopic (exact) mass is 315 g/mol. The van der Waals surface area contributed by atoms with Crippen LogP contribution in [0.25, 0.3) is 0 Å². The standard InChI is InChI=1S/C18H21NO4/c1-11-7-6-8-14(12(11)2)19-18(20)13-9-10-15(21-3)17(23-5)16(13)22-4/h6-10H,1-5H3,(H,19,20). The zero-order valence-corrected chi connectivity index (χ0v) is 14.0. The van der Waals surface area contributed by atoms with E-state index in [0.29, 0.717) is 22.8 Å². The average molecular weight is 315 g/mol. The number of aryl methyl sites for hydroxylation is 1. The molecular weight excluding hydrogens is 294 g/mol. The summed E-state index contributed by atoms with van der Waals surface area (Å²) in [7, 11) is 4.53. The van der Waals surface area contributed by atoms with Gasteiger partial charge in [-0.25, -0.2) is 0 Å². The lowest BCUT2D eigenvalue weighted by Crippen LogP contribution is -2.15. The first-order chi connectivity index (χ1) is 11.0. The maximum absolute atomic E-state index is 12.6. The highest BCUT2D eigenvalue weighted by Crippen LogP contribution is 2.40. The van der Waals surface area contributed by atoms with E-state index in [1.807, 2.05) is 32.0 Å². The summed E-state index contributed by atoms with van der Waals surface area (Å²) in [6.45, 7) is 3.97. The molecule has 0 heterocycles. The van der Waals surface area contributed by atoms with Crippen molar-refractivity contribution in [1.29, 1.82) is 0 Å². The molecule has 0 aliphatic heterocycles. The maximum atomic E-state index is 12.6. The molecule has 5 heteroatoms. The fourth-order valence-electron chi connectivity index (χ4n) is 2.36. The molecule has 5 nitrogen and oxygen atoms in total. The van der Waals surface area contributed by atoms with Crippen LogP contribution >= 0.6 is 0 Å². The Hall–Kier alpha value is -2.69. The number of ether oxygens (including phenoxy) is 3. The number of amides is 1. The Morgan fingerprint density at radius 2 is 1.61 bits per heavy atom. The van der Waals surface area contributed by atoms with Crippen LogP contribution in [0.1, 0.15) is 21.5 Å². The number of nitrogens with one attached hydrogen (secondary N) is 1. The van der Waals surface area contributed by atoms with Crippen molar-refractivity contribution in [2.45, 2.75) is 13.8 Å². The Morgan fingerprint density at radius 3 is 2.22 bits per heavy atom. The van der Waals surface area contributed by atoms with Crippen LogP contribution in [-0.2, 0) is 0 Å². The maximum Gasteiger partial charge on any atom is 0.259 e. The Bertz CT molecular complexity index is 725. The fourth-order valence-corrected chi connectivity index (χ4v) is 2.36. The number of rotatable bonds is 5. The highest BCUT2D eigenvalue weighted by atomic mass is 16.5. The fraction of sp³-hybridized carbons (Fsp3) is 0.278. The van der Waals surface area contributed by atoms with Gasteiger partial charge in [0.15, 0.2) is 11.5 Å². The average Bonchev–Trinajstić information content (AvgIpc) is 2.57. The van der Waals surface area contributed by atoms with Gasteiger partial charge < -0.3 is 19.5 Å². The van der Waals surface area contributed by atoms with E-state index in [1.54, 1.807) is 12.1 Å².